The molecule has 0 atom stereocenters. The number of nitrogens with one attached hydrogen (secondary N) is 1. The molecule has 1 N–H and O–H groups in total. The number of nitrogens with zero attached hydrogens (tertiary/aromatic N) is 1. The monoisotopic (exact) mass is 440 g/mol. The Labute approximate surface area is 185 Å². The molecule has 1 saturated heterocycles. The van der Waals surface area contributed by atoms with Crippen LogP contribution in [0.3, 0.4) is 0 Å². The molecule has 0 radical (unpaired) electrons. The Bertz CT molecular complexity index is 1090. The Morgan fingerprint density at radius 2 is 1.81 bits per heavy atom. The van der Waals surface area contributed by atoms with Gasteiger partial charge in [0.25, 0.3) is 11.1 Å². The number of amides is 3. The number of hydrogen-bond acceptors (Lipinski definition) is 6. The van der Waals surface area contributed by atoms with Gasteiger partial charge in [-0.2, -0.15) is 0 Å². The number of imide groups is 1. The van der Waals surface area contributed by atoms with Crippen LogP contribution in [-0.2, 0) is 9.59 Å². The SMILES string of the molecule is COc1ccc(C=C2SC(=O)N(CC(=O)Nc3ccc(C)c(C)c3)C2=O)c(OC)c1C. The molecule has 1 heterocycles. The van der Waals surface area contributed by atoms with Crippen molar-refractivity contribution >= 4 is 40.6 Å². The van der Waals surface area contributed by atoms with Crippen LogP contribution in [0.5, 0.6) is 11.5 Å². The first-order valence-electron chi connectivity index (χ1n) is 9.59. The van der Waals surface area contributed by atoms with E-state index in [0.29, 0.717) is 22.7 Å². The van der Waals surface area contributed by atoms with Gasteiger partial charge in [-0.05, 0) is 74.0 Å². The fraction of sp³-hybridized carbons (Fsp3) is 0.261. The van der Waals surface area contributed by atoms with Gasteiger partial charge in [0, 0.05) is 16.8 Å². The molecular weight excluding hydrogens is 416 g/mol. The minimum absolute atomic E-state index is 0.229. The maximum absolute atomic E-state index is 12.8. The summed E-state index contributed by atoms with van der Waals surface area (Å²) >= 11 is 0.796. The van der Waals surface area contributed by atoms with Crippen LogP contribution in [0.25, 0.3) is 6.08 Å². The minimum atomic E-state index is -0.513. The summed E-state index contributed by atoms with van der Waals surface area (Å²) in [6.07, 6.45) is 1.59. The molecule has 0 aliphatic carbocycles. The number of aryl methyl sites for hydroxylation is 2. The lowest BCUT2D eigenvalue weighted by Crippen LogP contribution is -2.36. The van der Waals surface area contributed by atoms with Crippen molar-refractivity contribution < 1.29 is 23.9 Å². The van der Waals surface area contributed by atoms with E-state index in [2.05, 4.69) is 5.32 Å². The summed E-state index contributed by atoms with van der Waals surface area (Å²) in [5, 5.41) is 2.24. The van der Waals surface area contributed by atoms with Gasteiger partial charge in [0.2, 0.25) is 5.91 Å². The predicted octanol–water partition coefficient (Wildman–Crippen LogP) is 4.30. The van der Waals surface area contributed by atoms with E-state index >= 15 is 0 Å². The molecule has 0 spiro atoms. The van der Waals surface area contributed by atoms with Crippen LogP contribution in [0.1, 0.15) is 22.3 Å². The summed E-state index contributed by atoms with van der Waals surface area (Å²) in [6.45, 7) is 5.42. The summed E-state index contributed by atoms with van der Waals surface area (Å²) < 4.78 is 10.8. The number of benzene rings is 2. The highest BCUT2D eigenvalue weighted by atomic mass is 32.2. The molecule has 1 aliphatic rings. The summed E-state index contributed by atoms with van der Waals surface area (Å²) in [7, 11) is 3.09. The molecule has 2 aromatic carbocycles. The van der Waals surface area contributed by atoms with Gasteiger partial charge in [0.1, 0.15) is 18.0 Å². The van der Waals surface area contributed by atoms with Crippen molar-refractivity contribution in [3.63, 3.8) is 0 Å². The van der Waals surface area contributed by atoms with E-state index in [1.54, 1.807) is 31.4 Å². The van der Waals surface area contributed by atoms with Crippen LogP contribution in [0, 0.1) is 20.8 Å². The number of methoxy groups -OCH3 is 2. The van der Waals surface area contributed by atoms with Crippen LogP contribution in [0.4, 0.5) is 10.5 Å². The average molecular weight is 441 g/mol. The molecule has 8 heteroatoms. The quantitative estimate of drug-likeness (QED) is 0.674. The minimum Gasteiger partial charge on any atom is -0.496 e. The van der Waals surface area contributed by atoms with E-state index in [0.717, 1.165) is 33.4 Å². The van der Waals surface area contributed by atoms with Gasteiger partial charge < -0.3 is 14.8 Å². The molecule has 0 aromatic heterocycles. The van der Waals surface area contributed by atoms with Gasteiger partial charge in [-0.15, -0.1) is 0 Å². The first kappa shape index (κ1) is 22.4. The standard InChI is InChI=1S/C23H24N2O5S/c1-13-6-8-17(10-14(13)2)24-20(26)12-25-22(27)19(31-23(25)28)11-16-7-9-18(29-4)15(3)21(16)30-5/h6-11H,12H2,1-5H3,(H,24,26). The molecule has 0 unspecified atom stereocenters. The van der Waals surface area contributed by atoms with Gasteiger partial charge >= 0.3 is 0 Å². The smallest absolute Gasteiger partial charge is 0.294 e. The molecule has 162 valence electrons. The predicted molar refractivity (Wildman–Crippen MR) is 122 cm³/mol. The Kier molecular flexibility index (Phi) is 6.70. The lowest BCUT2D eigenvalue weighted by atomic mass is 10.1. The number of hydrogen-bond donors (Lipinski definition) is 1. The summed E-state index contributed by atoms with van der Waals surface area (Å²) in [4.78, 5) is 38.8. The Hall–Kier alpha value is -3.26. The number of ether oxygens (including phenoxy) is 2. The molecule has 1 fully saturated rings. The Balaban J connectivity index is 1.77. The molecule has 7 nitrogen and oxygen atoms in total. The molecule has 3 amide bonds. The second-order valence-electron chi connectivity index (χ2n) is 7.13. The zero-order valence-electron chi connectivity index (χ0n) is 18.1. The first-order chi connectivity index (χ1) is 14.7. The summed E-state index contributed by atoms with van der Waals surface area (Å²) in [6, 6.07) is 9.06. The zero-order valence-corrected chi connectivity index (χ0v) is 18.9. The van der Waals surface area contributed by atoms with Crippen LogP contribution in [-0.4, -0.2) is 42.7 Å². The van der Waals surface area contributed by atoms with E-state index in [9.17, 15) is 14.4 Å². The topological polar surface area (TPSA) is 84.9 Å². The van der Waals surface area contributed by atoms with E-state index in [1.165, 1.54) is 7.11 Å². The highest BCUT2D eigenvalue weighted by molar-refractivity contribution is 8.18. The zero-order chi connectivity index (χ0) is 22.7. The Morgan fingerprint density at radius 1 is 1.06 bits per heavy atom. The number of anilines is 1. The summed E-state index contributed by atoms with van der Waals surface area (Å²) in [5.41, 5.74) is 4.19. The van der Waals surface area contributed by atoms with Crippen LogP contribution >= 0.6 is 11.8 Å². The van der Waals surface area contributed by atoms with Crippen molar-refractivity contribution in [2.75, 3.05) is 26.1 Å². The van der Waals surface area contributed by atoms with E-state index in [1.807, 2.05) is 32.9 Å². The van der Waals surface area contributed by atoms with Gasteiger partial charge in [-0.3, -0.25) is 19.3 Å². The van der Waals surface area contributed by atoms with Crippen molar-refractivity contribution in [2.24, 2.45) is 0 Å². The third kappa shape index (κ3) is 4.74. The molecule has 0 bridgehead atoms. The average Bonchev–Trinajstić information content (AvgIpc) is 2.98. The maximum atomic E-state index is 12.8. The van der Waals surface area contributed by atoms with Crippen molar-refractivity contribution in [3.8, 4) is 11.5 Å². The Morgan fingerprint density at radius 3 is 2.45 bits per heavy atom. The number of thioether (sulfide) groups is 1. The van der Waals surface area contributed by atoms with Gasteiger partial charge in [-0.25, -0.2) is 0 Å². The number of carbonyl (C=O) groups is 3. The highest BCUT2D eigenvalue weighted by Crippen LogP contribution is 2.37. The van der Waals surface area contributed by atoms with E-state index in [-0.39, 0.29) is 11.4 Å². The second-order valence-corrected chi connectivity index (χ2v) is 8.12. The number of carbonyl (C=O) groups excluding carboxylic acids is 3. The highest BCUT2D eigenvalue weighted by Gasteiger charge is 2.36. The molecule has 1 aliphatic heterocycles. The largest absolute Gasteiger partial charge is 0.496 e. The lowest BCUT2D eigenvalue weighted by Gasteiger charge is -2.14. The normalized spacial score (nSPS) is 14.9. The number of rotatable bonds is 6. The van der Waals surface area contributed by atoms with Crippen molar-refractivity contribution in [2.45, 2.75) is 20.8 Å². The lowest BCUT2D eigenvalue weighted by molar-refractivity contribution is -0.127. The van der Waals surface area contributed by atoms with Crippen molar-refractivity contribution in [1.82, 2.24) is 4.90 Å². The van der Waals surface area contributed by atoms with Crippen LogP contribution in [0.2, 0.25) is 0 Å². The summed E-state index contributed by atoms with van der Waals surface area (Å²) in [5.74, 6) is 0.259. The van der Waals surface area contributed by atoms with Crippen LogP contribution < -0.4 is 14.8 Å². The van der Waals surface area contributed by atoms with E-state index < -0.39 is 17.1 Å². The fourth-order valence-corrected chi connectivity index (χ4v) is 4.07. The molecule has 31 heavy (non-hydrogen) atoms. The van der Waals surface area contributed by atoms with Crippen molar-refractivity contribution in [1.29, 1.82) is 0 Å². The molecular formula is C23H24N2O5S. The third-order valence-electron chi connectivity index (χ3n) is 5.06. The molecule has 0 saturated carbocycles. The fourth-order valence-electron chi connectivity index (χ4n) is 3.24. The first-order valence-corrected chi connectivity index (χ1v) is 10.4. The third-order valence-corrected chi connectivity index (χ3v) is 5.97. The van der Waals surface area contributed by atoms with Crippen LogP contribution in [0.15, 0.2) is 35.2 Å². The van der Waals surface area contributed by atoms with Gasteiger partial charge in [0.05, 0.1) is 19.1 Å². The van der Waals surface area contributed by atoms with Gasteiger partial charge in [-0.1, -0.05) is 6.07 Å². The van der Waals surface area contributed by atoms with Gasteiger partial charge in [0.15, 0.2) is 0 Å². The second kappa shape index (κ2) is 9.26. The molecule has 2 aromatic rings. The van der Waals surface area contributed by atoms with E-state index in [4.69, 9.17) is 9.47 Å². The maximum Gasteiger partial charge on any atom is 0.294 e. The van der Waals surface area contributed by atoms with Crippen molar-refractivity contribution in [3.05, 3.63) is 57.5 Å². The molecule has 3 rings (SSSR count).